The van der Waals surface area contributed by atoms with Gasteiger partial charge in [-0.15, -0.1) is 0 Å². The molecule has 5 nitrogen and oxygen atoms in total. The quantitative estimate of drug-likeness (QED) is 0.678. The van der Waals surface area contributed by atoms with E-state index in [1.807, 2.05) is 25.4 Å². The molecule has 1 aromatic carbocycles. The van der Waals surface area contributed by atoms with Crippen molar-refractivity contribution in [3.05, 3.63) is 60.0 Å². The summed E-state index contributed by atoms with van der Waals surface area (Å²) in [5.74, 6) is 0.759. The smallest absolute Gasteiger partial charge is 0.226 e. The van der Waals surface area contributed by atoms with Crippen LogP contribution in [0, 0.1) is 13.8 Å². The highest BCUT2D eigenvalue weighted by Gasteiger charge is 2.25. The Morgan fingerprint density at radius 3 is 2.43 bits per heavy atom. The van der Waals surface area contributed by atoms with E-state index in [0.29, 0.717) is 0 Å². The molecule has 5 heteroatoms. The van der Waals surface area contributed by atoms with Crippen molar-refractivity contribution in [2.75, 3.05) is 18.0 Å². The van der Waals surface area contributed by atoms with Gasteiger partial charge < -0.3 is 9.64 Å². The summed E-state index contributed by atoms with van der Waals surface area (Å²) in [7, 11) is 0. The summed E-state index contributed by atoms with van der Waals surface area (Å²) in [5, 5.41) is 0. The largest absolute Gasteiger partial charge is 0.372 e. The van der Waals surface area contributed by atoms with E-state index in [-0.39, 0.29) is 12.2 Å². The molecule has 0 aliphatic carbocycles. The first-order chi connectivity index (χ1) is 13.5. The molecular weight excluding hydrogens is 348 g/mol. The van der Waals surface area contributed by atoms with E-state index in [1.165, 1.54) is 5.56 Å². The third-order valence-corrected chi connectivity index (χ3v) is 5.09. The van der Waals surface area contributed by atoms with Gasteiger partial charge in [0.1, 0.15) is 0 Å². The van der Waals surface area contributed by atoms with Gasteiger partial charge in [0.05, 0.1) is 17.9 Å². The van der Waals surface area contributed by atoms with Crippen molar-refractivity contribution < 1.29 is 4.74 Å². The molecule has 1 fully saturated rings. The molecular formula is C23H26N4O. The zero-order chi connectivity index (χ0) is 19.7. The Bertz CT molecular complexity index is 978. The number of nitrogens with zero attached hydrogens (tertiary/aromatic N) is 4. The van der Waals surface area contributed by atoms with Crippen LogP contribution in [0.5, 0.6) is 0 Å². The van der Waals surface area contributed by atoms with Crippen molar-refractivity contribution in [2.45, 2.75) is 39.9 Å². The molecule has 1 saturated heterocycles. The van der Waals surface area contributed by atoms with E-state index < -0.39 is 0 Å². The van der Waals surface area contributed by atoms with E-state index in [4.69, 9.17) is 14.7 Å². The number of hydrogen-bond donors (Lipinski definition) is 0. The van der Waals surface area contributed by atoms with Crippen LogP contribution >= 0.6 is 0 Å². The van der Waals surface area contributed by atoms with E-state index in [9.17, 15) is 0 Å². The molecule has 144 valence electrons. The van der Waals surface area contributed by atoms with Gasteiger partial charge in [0.15, 0.2) is 0 Å². The van der Waals surface area contributed by atoms with Gasteiger partial charge in [-0.3, -0.25) is 4.98 Å². The van der Waals surface area contributed by atoms with E-state index in [2.05, 4.69) is 61.0 Å². The van der Waals surface area contributed by atoms with Crippen molar-refractivity contribution in [3.63, 3.8) is 0 Å². The van der Waals surface area contributed by atoms with Crippen LogP contribution in [-0.2, 0) is 4.74 Å². The van der Waals surface area contributed by atoms with Gasteiger partial charge in [-0.1, -0.05) is 24.3 Å². The van der Waals surface area contributed by atoms with E-state index >= 15 is 0 Å². The molecule has 4 rings (SSSR count). The lowest BCUT2D eigenvalue weighted by Gasteiger charge is -2.35. The lowest BCUT2D eigenvalue weighted by atomic mass is 9.98. The molecule has 0 spiro atoms. The fourth-order valence-corrected chi connectivity index (χ4v) is 3.83. The van der Waals surface area contributed by atoms with Gasteiger partial charge >= 0.3 is 0 Å². The Morgan fingerprint density at radius 2 is 1.71 bits per heavy atom. The second-order valence-corrected chi connectivity index (χ2v) is 7.60. The summed E-state index contributed by atoms with van der Waals surface area (Å²) in [6, 6.07) is 12.5. The second kappa shape index (κ2) is 7.68. The zero-order valence-electron chi connectivity index (χ0n) is 16.9. The Morgan fingerprint density at radius 1 is 0.964 bits per heavy atom. The average Bonchev–Trinajstić information content (AvgIpc) is 2.67. The number of rotatable bonds is 3. The highest BCUT2D eigenvalue weighted by molar-refractivity contribution is 5.82. The molecule has 1 aliphatic rings. The molecule has 0 saturated carbocycles. The first-order valence-electron chi connectivity index (χ1n) is 9.77. The minimum absolute atomic E-state index is 0.164. The highest BCUT2D eigenvalue weighted by Crippen LogP contribution is 2.33. The summed E-state index contributed by atoms with van der Waals surface area (Å²) < 4.78 is 5.87. The maximum atomic E-state index is 5.87. The molecule has 2 aromatic heterocycles. The van der Waals surface area contributed by atoms with Crippen molar-refractivity contribution in [1.29, 1.82) is 0 Å². The maximum absolute atomic E-state index is 5.87. The van der Waals surface area contributed by atoms with Crippen LogP contribution in [0.4, 0.5) is 5.95 Å². The number of morpholine rings is 1. The van der Waals surface area contributed by atoms with Gasteiger partial charge in [-0.05, 0) is 51.0 Å². The van der Waals surface area contributed by atoms with Crippen LogP contribution in [0.3, 0.4) is 0 Å². The SMILES string of the molecule is Cc1cc(-c2cnc(N3C[C@@H](C)O[C@@H](C)C3)nc2-c2ccccc2C)ccn1. The minimum atomic E-state index is 0.164. The number of pyridine rings is 1. The highest BCUT2D eigenvalue weighted by atomic mass is 16.5. The first-order valence-corrected chi connectivity index (χ1v) is 9.77. The van der Waals surface area contributed by atoms with Crippen molar-refractivity contribution >= 4 is 5.95 Å². The van der Waals surface area contributed by atoms with Crippen LogP contribution in [0.2, 0.25) is 0 Å². The predicted octanol–water partition coefficient (Wildman–Crippen LogP) is 4.44. The zero-order valence-corrected chi connectivity index (χ0v) is 16.9. The van der Waals surface area contributed by atoms with Gasteiger partial charge in [-0.25, -0.2) is 9.97 Å². The monoisotopic (exact) mass is 374 g/mol. The molecule has 0 amide bonds. The summed E-state index contributed by atoms with van der Waals surface area (Å²) in [4.78, 5) is 16.3. The summed E-state index contributed by atoms with van der Waals surface area (Å²) in [6.45, 7) is 9.91. The van der Waals surface area contributed by atoms with Crippen LogP contribution in [0.15, 0.2) is 48.8 Å². The van der Waals surface area contributed by atoms with Gasteiger partial charge in [-0.2, -0.15) is 0 Å². The van der Waals surface area contributed by atoms with Crippen LogP contribution in [0.1, 0.15) is 25.1 Å². The average molecular weight is 374 g/mol. The number of aromatic nitrogens is 3. The third kappa shape index (κ3) is 3.76. The van der Waals surface area contributed by atoms with Crippen molar-refractivity contribution in [1.82, 2.24) is 15.0 Å². The summed E-state index contributed by atoms with van der Waals surface area (Å²) in [5.41, 5.74) is 6.38. The summed E-state index contributed by atoms with van der Waals surface area (Å²) >= 11 is 0. The number of ether oxygens (including phenoxy) is 1. The lowest BCUT2D eigenvalue weighted by molar-refractivity contribution is -0.00571. The normalized spacial score (nSPS) is 19.6. The standard InChI is InChI=1S/C23H26N4O/c1-15-7-5-6-8-20(15)22-21(19-9-10-24-16(2)11-19)12-25-23(26-22)27-13-17(3)28-18(4)14-27/h5-12,17-18H,13-14H2,1-4H3/t17-,18+. The Kier molecular flexibility index (Phi) is 5.09. The molecule has 3 aromatic rings. The third-order valence-electron chi connectivity index (χ3n) is 5.09. The van der Waals surface area contributed by atoms with E-state index in [1.54, 1.807) is 0 Å². The summed E-state index contributed by atoms with van der Waals surface area (Å²) in [6.07, 6.45) is 4.11. The van der Waals surface area contributed by atoms with Crippen molar-refractivity contribution in [2.24, 2.45) is 0 Å². The molecule has 1 aliphatic heterocycles. The Balaban J connectivity index is 1.85. The Hall–Kier alpha value is -2.79. The minimum Gasteiger partial charge on any atom is -0.372 e. The van der Waals surface area contributed by atoms with Crippen LogP contribution < -0.4 is 4.90 Å². The fraction of sp³-hybridized carbons (Fsp3) is 0.348. The number of anilines is 1. The second-order valence-electron chi connectivity index (χ2n) is 7.60. The molecule has 3 heterocycles. The predicted molar refractivity (Wildman–Crippen MR) is 112 cm³/mol. The number of benzene rings is 1. The molecule has 28 heavy (non-hydrogen) atoms. The first kappa shape index (κ1) is 18.6. The maximum Gasteiger partial charge on any atom is 0.226 e. The van der Waals surface area contributed by atoms with Gasteiger partial charge in [0.2, 0.25) is 5.95 Å². The lowest BCUT2D eigenvalue weighted by Crippen LogP contribution is -2.46. The van der Waals surface area contributed by atoms with Crippen molar-refractivity contribution in [3.8, 4) is 22.4 Å². The number of aryl methyl sites for hydroxylation is 2. The van der Waals surface area contributed by atoms with Gasteiger partial charge in [0, 0.05) is 42.3 Å². The number of hydrogen-bond acceptors (Lipinski definition) is 5. The fourth-order valence-electron chi connectivity index (χ4n) is 3.83. The molecule has 0 radical (unpaired) electrons. The Labute approximate surface area is 166 Å². The molecule has 0 bridgehead atoms. The topological polar surface area (TPSA) is 51.1 Å². The van der Waals surface area contributed by atoms with Crippen LogP contribution in [0.25, 0.3) is 22.4 Å². The molecule has 0 N–H and O–H groups in total. The molecule has 2 atom stereocenters. The molecule has 0 unspecified atom stereocenters. The van der Waals surface area contributed by atoms with E-state index in [0.717, 1.165) is 47.1 Å². The van der Waals surface area contributed by atoms with Crippen LogP contribution in [-0.4, -0.2) is 40.2 Å². The van der Waals surface area contributed by atoms with Gasteiger partial charge in [0.25, 0.3) is 0 Å².